The predicted molar refractivity (Wildman–Crippen MR) is 164 cm³/mol. The molecule has 0 saturated carbocycles. The maximum absolute atomic E-state index is 14.2. The summed E-state index contributed by atoms with van der Waals surface area (Å²) in [6.07, 6.45) is 0. The smallest absolute Gasteiger partial charge is 0.264 e. The summed E-state index contributed by atoms with van der Waals surface area (Å²) < 4.78 is 7.26. The van der Waals surface area contributed by atoms with Crippen molar-refractivity contribution in [1.29, 1.82) is 0 Å². The van der Waals surface area contributed by atoms with Crippen molar-refractivity contribution in [2.45, 2.75) is 32.7 Å². The van der Waals surface area contributed by atoms with E-state index in [9.17, 15) is 9.59 Å². The molecule has 8 heteroatoms. The minimum absolute atomic E-state index is 0.0199. The van der Waals surface area contributed by atoms with Gasteiger partial charge in [0.25, 0.3) is 11.5 Å². The summed E-state index contributed by atoms with van der Waals surface area (Å²) in [6.45, 7) is 14.6. The van der Waals surface area contributed by atoms with Gasteiger partial charge in [0.2, 0.25) is 0 Å². The van der Waals surface area contributed by atoms with Gasteiger partial charge in [-0.05, 0) is 49.2 Å². The third-order valence-corrected chi connectivity index (χ3v) is 8.86. The fraction of sp³-hybridized carbons (Fsp3) is 0.455. The number of amides is 1. The van der Waals surface area contributed by atoms with E-state index in [0.717, 1.165) is 69.3 Å². The van der Waals surface area contributed by atoms with E-state index in [1.807, 2.05) is 42.2 Å². The SMILES string of the molecule is Cc1ccc([C@@H](C)[C@H](c2ccc(Cl)cc2)n2c(C)ccc(C(=O)N3CCN(CCN4CCOCC4)CC3)c2=O)cc1. The van der Waals surface area contributed by atoms with Gasteiger partial charge in [-0.3, -0.25) is 19.4 Å². The molecule has 2 fully saturated rings. The van der Waals surface area contributed by atoms with Crippen molar-refractivity contribution >= 4 is 17.5 Å². The first kappa shape index (κ1) is 29.5. The van der Waals surface area contributed by atoms with Crippen molar-refractivity contribution in [3.8, 4) is 0 Å². The van der Waals surface area contributed by atoms with Crippen molar-refractivity contribution < 1.29 is 9.53 Å². The zero-order valence-electron chi connectivity index (χ0n) is 24.4. The molecule has 2 aliphatic rings. The summed E-state index contributed by atoms with van der Waals surface area (Å²) >= 11 is 6.23. The normalized spacial score (nSPS) is 18.3. The minimum atomic E-state index is -0.299. The topological polar surface area (TPSA) is 58.0 Å². The van der Waals surface area contributed by atoms with Crippen LogP contribution in [0.4, 0.5) is 0 Å². The third-order valence-electron chi connectivity index (χ3n) is 8.61. The van der Waals surface area contributed by atoms with E-state index in [2.05, 4.69) is 47.9 Å². The van der Waals surface area contributed by atoms with Crippen LogP contribution in [0.5, 0.6) is 0 Å². The first-order valence-electron chi connectivity index (χ1n) is 14.7. The van der Waals surface area contributed by atoms with E-state index < -0.39 is 0 Å². The monoisotopic (exact) mass is 576 g/mol. The molecule has 2 saturated heterocycles. The number of hydrogen-bond donors (Lipinski definition) is 0. The molecule has 5 rings (SSSR count). The van der Waals surface area contributed by atoms with Gasteiger partial charge < -0.3 is 14.2 Å². The maximum atomic E-state index is 14.2. The van der Waals surface area contributed by atoms with E-state index in [0.29, 0.717) is 18.1 Å². The second-order valence-electron chi connectivity index (χ2n) is 11.3. The molecule has 1 aromatic heterocycles. The molecule has 0 radical (unpaired) electrons. The van der Waals surface area contributed by atoms with E-state index in [4.69, 9.17) is 16.3 Å². The summed E-state index contributed by atoms with van der Waals surface area (Å²) in [5.41, 5.74) is 4.10. The Bertz CT molecular complexity index is 1380. The lowest BCUT2D eigenvalue weighted by Gasteiger charge is -2.36. The number of carbonyl (C=O) groups excluding carboxylic acids is 1. The molecule has 3 aromatic rings. The second kappa shape index (κ2) is 13.3. The molecule has 2 aliphatic heterocycles. The average molecular weight is 577 g/mol. The number of pyridine rings is 1. The van der Waals surface area contributed by atoms with Crippen LogP contribution in [0.25, 0.3) is 0 Å². The number of hydrogen-bond acceptors (Lipinski definition) is 5. The van der Waals surface area contributed by atoms with Crippen LogP contribution >= 0.6 is 11.6 Å². The molecule has 2 atom stereocenters. The van der Waals surface area contributed by atoms with E-state index in [1.54, 1.807) is 10.6 Å². The number of morpholine rings is 1. The summed E-state index contributed by atoms with van der Waals surface area (Å²) in [7, 11) is 0. The number of aromatic nitrogens is 1. The predicted octanol–water partition coefficient (Wildman–Crippen LogP) is 4.60. The van der Waals surface area contributed by atoms with Gasteiger partial charge in [0.15, 0.2) is 0 Å². The highest BCUT2D eigenvalue weighted by Gasteiger charge is 2.29. The average Bonchev–Trinajstić information content (AvgIpc) is 2.99. The van der Waals surface area contributed by atoms with Crippen LogP contribution in [-0.4, -0.2) is 90.7 Å². The highest BCUT2D eigenvalue weighted by atomic mass is 35.5. The molecule has 3 heterocycles. The highest BCUT2D eigenvalue weighted by molar-refractivity contribution is 6.30. The lowest BCUT2D eigenvalue weighted by Crippen LogP contribution is -2.51. The molecule has 7 nitrogen and oxygen atoms in total. The molecule has 41 heavy (non-hydrogen) atoms. The number of aryl methyl sites for hydroxylation is 2. The van der Waals surface area contributed by atoms with Gasteiger partial charge in [0, 0.05) is 69.0 Å². The van der Waals surface area contributed by atoms with Gasteiger partial charge >= 0.3 is 0 Å². The van der Waals surface area contributed by atoms with Crippen LogP contribution in [0.3, 0.4) is 0 Å². The number of rotatable bonds is 8. The van der Waals surface area contributed by atoms with Crippen LogP contribution in [0, 0.1) is 13.8 Å². The van der Waals surface area contributed by atoms with Gasteiger partial charge in [0.05, 0.1) is 19.3 Å². The standard InChI is InChI=1S/C33H41ClN4O3/c1-24-4-7-27(8-5-24)26(3)31(28-9-11-29(34)12-10-28)38-25(2)6-13-30(33(38)40)32(39)37-18-16-35(17-19-37)14-15-36-20-22-41-23-21-36/h4-13,26,31H,14-23H2,1-3H3/t26-,31-/m1/s1. The van der Waals surface area contributed by atoms with Crippen molar-refractivity contribution in [3.63, 3.8) is 0 Å². The Kier molecular flexibility index (Phi) is 9.60. The van der Waals surface area contributed by atoms with Crippen LogP contribution in [-0.2, 0) is 4.74 Å². The Morgan fingerprint density at radius 2 is 1.39 bits per heavy atom. The fourth-order valence-electron chi connectivity index (χ4n) is 5.98. The molecule has 0 spiro atoms. The number of benzene rings is 2. The summed E-state index contributed by atoms with van der Waals surface area (Å²) in [4.78, 5) is 34.6. The van der Waals surface area contributed by atoms with Crippen molar-refractivity contribution in [1.82, 2.24) is 19.3 Å². The first-order chi connectivity index (χ1) is 19.8. The Balaban J connectivity index is 1.37. The van der Waals surface area contributed by atoms with Crippen molar-refractivity contribution in [2.24, 2.45) is 0 Å². The second-order valence-corrected chi connectivity index (χ2v) is 11.8. The molecule has 0 bridgehead atoms. The summed E-state index contributed by atoms with van der Waals surface area (Å²) in [5.74, 6) is -0.206. The van der Waals surface area contributed by atoms with Gasteiger partial charge in [-0.15, -0.1) is 0 Å². The summed E-state index contributed by atoms with van der Waals surface area (Å²) in [5, 5.41) is 0.646. The van der Waals surface area contributed by atoms with Crippen molar-refractivity contribution in [2.75, 3.05) is 65.6 Å². The fourth-order valence-corrected chi connectivity index (χ4v) is 6.11. The van der Waals surface area contributed by atoms with Crippen molar-refractivity contribution in [3.05, 3.63) is 104 Å². The third kappa shape index (κ3) is 6.92. The molecule has 0 unspecified atom stereocenters. The molecular formula is C33H41ClN4O3. The highest BCUT2D eigenvalue weighted by Crippen LogP contribution is 2.35. The minimum Gasteiger partial charge on any atom is -0.379 e. The molecule has 218 valence electrons. The Hall–Kier alpha value is -2.97. The number of piperazine rings is 1. The molecular weight excluding hydrogens is 536 g/mol. The largest absolute Gasteiger partial charge is 0.379 e. The quantitative estimate of drug-likeness (QED) is 0.392. The van der Waals surface area contributed by atoms with Gasteiger partial charge in [0.1, 0.15) is 5.56 Å². The van der Waals surface area contributed by atoms with Gasteiger partial charge in [-0.25, -0.2) is 0 Å². The maximum Gasteiger partial charge on any atom is 0.264 e. The lowest BCUT2D eigenvalue weighted by atomic mass is 9.87. The van der Waals surface area contributed by atoms with Gasteiger partial charge in [-0.2, -0.15) is 0 Å². The van der Waals surface area contributed by atoms with Crippen LogP contribution in [0.1, 0.15) is 51.6 Å². The van der Waals surface area contributed by atoms with Crippen LogP contribution in [0.2, 0.25) is 5.02 Å². The van der Waals surface area contributed by atoms with Crippen LogP contribution in [0.15, 0.2) is 65.5 Å². The molecule has 0 N–H and O–H groups in total. The molecule has 2 aromatic carbocycles. The van der Waals surface area contributed by atoms with Gasteiger partial charge in [-0.1, -0.05) is 60.5 Å². The molecule has 1 amide bonds. The Morgan fingerprint density at radius 1 is 0.805 bits per heavy atom. The zero-order valence-corrected chi connectivity index (χ0v) is 25.1. The Morgan fingerprint density at radius 3 is 2.02 bits per heavy atom. The molecule has 0 aliphatic carbocycles. The number of ether oxygens (including phenoxy) is 1. The lowest BCUT2D eigenvalue weighted by molar-refractivity contribution is 0.0293. The number of halogens is 1. The zero-order chi connectivity index (χ0) is 28.9. The van der Waals surface area contributed by atoms with Crippen LogP contribution < -0.4 is 5.56 Å². The first-order valence-corrected chi connectivity index (χ1v) is 15.1. The van der Waals surface area contributed by atoms with E-state index in [-0.39, 0.29) is 29.0 Å². The summed E-state index contributed by atoms with van der Waals surface area (Å²) in [6, 6.07) is 19.4. The van der Waals surface area contributed by atoms with E-state index in [1.165, 1.54) is 5.56 Å². The number of nitrogens with zero attached hydrogens (tertiary/aromatic N) is 4. The number of carbonyl (C=O) groups is 1. The van der Waals surface area contributed by atoms with E-state index >= 15 is 0 Å². The Labute approximate surface area is 248 Å².